The molecule has 0 aromatic heterocycles. The van der Waals surface area contributed by atoms with Gasteiger partial charge in [-0.25, -0.2) is 0 Å². The Morgan fingerprint density at radius 3 is 2.21 bits per heavy atom. The van der Waals surface area contributed by atoms with E-state index in [0.717, 1.165) is 0 Å². The van der Waals surface area contributed by atoms with Crippen molar-refractivity contribution in [2.75, 3.05) is 6.54 Å². The van der Waals surface area contributed by atoms with E-state index in [1.165, 1.54) is 32.1 Å². The molecule has 1 fully saturated rings. The number of nitriles is 1. The number of carboxylic acids is 1. The number of carboxylic acid groups (broad SMARTS) is 1. The minimum absolute atomic E-state index is 0.00463. The summed E-state index contributed by atoms with van der Waals surface area (Å²) >= 11 is 0. The first-order chi connectivity index (χ1) is 11.5. The second-order valence-electron chi connectivity index (χ2n) is 5.40. The Hall–Kier alpha value is -2.27. The van der Waals surface area contributed by atoms with Crippen molar-refractivity contribution in [1.29, 1.82) is 5.26 Å². The summed E-state index contributed by atoms with van der Waals surface area (Å²) in [6, 6.07) is 8.23. The largest absolute Gasteiger partial charge is 0.480 e. The van der Waals surface area contributed by atoms with Gasteiger partial charge in [0.2, 0.25) is 0 Å². The predicted octanol–water partition coefficient (Wildman–Crippen LogP) is 1.01. The minimum atomic E-state index is -1.05. The summed E-state index contributed by atoms with van der Waals surface area (Å²) < 4.78 is 0. The van der Waals surface area contributed by atoms with E-state index in [9.17, 15) is 9.59 Å². The van der Waals surface area contributed by atoms with E-state index >= 15 is 0 Å². The van der Waals surface area contributed by atoms with Crippen LogP contribution in [0.1, 0.15) is 48.0 Å². The van der Waals surface area contributed by atoms with Gasteiger partial charge in [-0.3, -0.25) is 9.59 Å². The summed E-state index contributed by atoms with van der Waals surface area (Å²) in [5.74, 6) is -1.05. The molecular weight excluding hydrogens is 308 g/mol. The molecule has 0 heterocycles. The Balaban J connectivity index is 0.000000340. The molecule has 0 saturated heterocycles. The number of nitrogens with two attached hydrogens (primary N) is 3. The molecule has 7 N–H and O–H groups in total. The number of carbonyl (C=O) groups is 2. The first-order valence-electron chi connectivity index (χ1n) is 7.84. The van der Waals surface area contributed by atoms with Gasteiger partial charge in [0.15, 0.2) is 6.29 Å². The highest BCUT2D eigenvalue weighted by Gasteiger charge is 2.06. The van der Waals surface area contributed by atoms with Crippen LogP contribution >= 0.6 is 0 Å². The van der Waals surface area contributed by atoms with Crippen molar-refractivity contribution in [3.63, 3.8) is 0 Å². The van der Waals surface area contributed by atoms with Gasteiger partial charge in [-0.05, 0) is 18.9 Å². The SMILES string of the molecule is N#Cc1ccccc1C=O.NC1CCCCC1.NCC(N)C(=O)O. The van der Waals surface area contributed by atoms with Crippen LogP contribution in [0, 0.1) is 11.3 Å². The lowest BCUT2D eigenvalue weighted by atomic mass is 9.97. The molecule has 0 aliphatic heterocycles. The maximum Gasteiger partial charge on any atom is 0.321 e. The average Bonchev–Trinajstić information content (AvgIpc) is 2.62. The summed E-state index contributed by atoms with van der Waals surface area (Å²) in [5, 5.41) is 16.4. The molecule has 0 amide bonds. The Morgan fingerprint density at radius 2 is 1.92 bits per heavy atom. The van der Waals surface area contributed by atoms with E-state index in [4.69, 9.17) is 27.6 Å². The maximum absolute atomic E-state index is 10.2. The van der Waals surface area contributed by atoms with Crippen LogP contribution in [0.25, 0.3) is 0 Å². The molecule has 1 aromatic carbocycles. The summed E-state index contributed by atoms with van der Waals surface area (Å²) in [7, 11) is 0. The second kappa shape index (κ2) is 13.2. The summed E-state index contributed by atoms with van der Waals surface area (Å²) in [5.41, 5.74) is 16.3. The molecule has 1 aliphatic rings. The van der Waals surface area contributed by atoms with Gasteiger partial charge in [0.1, 0.15) is 6.04 Å². The summed E-state index contributed by atoms with van der Waals surface area (Å²) in [4.78, 5) is 20.0. The molecule has 1 saturated carbocycles. The van der Waals surface area contributed by atoms with Gasteiger partial charge in [-0.15, -0.1) is 0 Å². The lowest BCUT2D eigenvalue weighted by Gasteiger charge is -2.15. The van der Waals surface area contributed by atoms with Crippen molar-refractivity contribution in [3.8, 4) is 6.07 Å². The van der Waals surface area contributed by atoms with Crippen LogP contribution in [-0.2, 0) is 4.79 Å². The van der Waals surface area contributed by atoms with Crippen LogP contribution in [0.4, 0.5) is 0 Å². The molecule has 1 unspecified atom stereocenters. The average molecular weight is 334 g/mol. The predicted molar refractivity (Wildman–Crippen MR) is 92.3 cm³/mol. The van der Waals surface area contributed by atoms with E-state index < -0.39 is 12.0 Å². The van der Waals surface area contributed by atoms with Gasteiger partial charge >= 0.3 is 5.97 Å². The lowest BCUT2D eigenvalue weighted by Crippen LogP contribution is -2.37. The molecule has 1 atom stereocenters. The highest BCUT2D eigenvalue weighted by molar-refractivity contribution is 5.78. The number of hydrogen-bond donors (Lipinski definition) is 4. The monoisotopic (exact) mass is 334 g/mol. The van der Waals surface area contributed by atoms with Gasteiger partial charge in [0.25, 0.3) is 0 Å². The molecule has 1 aliphatic carbocycles. The van der Waals surface area contributed by atoms with E-state index in [-0.39, 0.29) is 6.54 Å². The van der Waals surface area contributed by atoms with Crippen molar-refractivity contribution >= 4 is 12.3 Å². The Kier molecular flexibility index (Phi) is 11.9. The highest BCUT2D eigenvalue weighted by Crippen LogP contribution is 2.14. The second-order valence-corrected chi connectivity index (χ2v) is 5.40. The van der Waals surface area contributed by atoms with Gasteiger partial charge in [0, 0.05) is 18.2 Å². The van der Waals surface area contributed by atoms with Crippen molar-refractivity contribution in [2.24, 2.45) is 17.2 Å². The van der Waals surface area contributed by atoms with Gasteiger partial charge in [0.05, 0.1) is 11.6 Å². The van der Waals surface area contributed by atoms with Crippen molar-refractivity contribution < 1.29 is 14.7 Å². The quantitative estimate of drug-likeness (QED) is 0.601. The Labute approximate surface area is 142 Å². The van der Waals surface area contributed by atoms with Crippen LogP contribution in [0.2, 0.25) is 0 Å². The van der Waals surface area contributed by atoms with Crippen LogP contribution in [0.3, 0.4) is 0 Å². The van der Waals surface area contributed by atoms with Crippen LogP contribution in [-0.4, -0.2) is 36.0 Å². The smallest absolute Gasteiger partial charge is 0.321 e. The van der Waals surface area contributed by atoms with Crippen LogP contribution in [0.5, 0.6) is 0 Å². The minimum Gasteiger partial charge on any atom is -0.480 e. The standard InChI is InChI=1S/C8H5NO.C6H13N.C3H8N2O2/c9-5-7-3-1-2-4-8(7)6-10;7-6-4-2-1-3-5-6;4-1-2(5)3(6)7/h1-4,6H;6H,1-5,7H2;2H,1,4-5H2,(H,6,7). The molecule has 7 heteroatoms. The zero-order chi connectivity index (χ0) is 18.4. The third-order valence-corrected chi connectivity index (χ3v) is 3.43. The number of carbonyl (C=O) groups excluding carboxylic acids is 1. The van der Waals surface area contributed by atoms with Crippen LogP contribution in [0.15, 0.2) is 24.3 Å². The Bertz CT molecular complexity index is 537. The zero-order valence-electron chi connectivity index (χ0n) is 13.7. The number of aliphatic carboxylic acids is 1. The third kappa shape index (κ3) is 9.69. The normalized spacial score (nSPS) is 14.8. The number of benzene rings is 1. The topological polar surface area (TPSA) is 156 Å². The fourth-order valence-electron chi connectivity index (χ4n) is 1.94. The number of hydrogen-bond acceptors (Lipinski definition) is 6. The summed E-state index contributed by atoms with van der Waals surface area (Å²) in [6.07, 6.45) is 7.34. The van der Waals surface area contributed by atoms with E-state index in [0.29, 0.717) is 23.5 Å². The molecule has 0 radical (unpaired) electrons. The first kappa shape index (κ1) is 21.7. The third-order valence-electron chi connectivity index (χ3n) is 3.43. The first-order valence-corrected chi connectivity index (χ1v) is 7.84. The van der Waals surface area contributed by atoms with Crippen molar-refractivity contribution in [2.45, 2.75) is 44.2 Å². The molecule has 24 heavy (non-hydrogen) atoms. The maximum atomic E-state index is 10.2. The molecule has 132 valence electrons. The lowest BCUT2D eigenvalue weighted by molar-refractivity contribution is -0.138. The molecule has 7 nitrogen and oxygen atoms in total. The van der Waals surface area contributed by atoms with E-state index in [1.54, 1.807) is 24.3 Å². The van der Waals surface area contributed by atoms with E-state index in [2.05, 4.69) is 0 Å². The van der Waals surface area contributed by atoms with Crippen molar-refractivity contribution in [1.82, 2.24) is 0 Å². The van der Waals surface area contributed by atoms with Gasteiger partial charge in [-0.1, -0.05) is 37.5 Å². The number of rotatable bonds is 3. The van der Waals surface area contributed by atoms with Crippen LogP contribution < -0.4 is 17.2 Å². The van der Waals surface area contributed by atoms with Crippen molar-refractivity contribution in [3.05, 3.63) is 35.4 Å². The molecule has 1 aromatic rings. The number of nitrogens with zero attached hydrogens (tertiary/aromatic N) is 1. The molecule has 0 spiro atoms. The zero-order valence-corrected chi connectivity index (χ0v) is 13.7. The number of aldehydes is 1. The molecule has 0 bridgehead atoms. The fourth-order valence-corrected chi connectivity index (χ4v) is 1.94. The van der Waals surface area contributed by atoms with Gasteiger partial charge < -0.3 is 22.3 Å². The molecular formula is C17H26N4O3. The molecule has 2 rings (SSSR count). The highest BCUT2D eigenvalue weighted by atomic mass is 16.4. The fraction of sp³-hybridized carbons (Fsp3) is 0.471. The summed E-state index contributed by atoms with van der Waals surface area (Å²) in [6.45, 7) is -0.00463. The van der Waals surface area contributed by atoms with E-state index in [1.807, 2.05) is 6.07 Å². The Morgan fingerprint density at radius 1 is 1.33 bits per heavy atom. The van der Waals surface area contributed by atoms with Gasteiger partial charge in [-0.2, -0.15) is 5.26 Å².